The largest absolute Gasteiger partial charge is 0.314 e. The van der Waals surface area contributed by atoms with Crippen molar-refractivity contribution in [2.24, 2.45) is 0 Å². The second-order valence-electron chi connectivity index (χ2n) is 3.81. The van der Waals surface area contributed by atoms with Crippen molar-refractivity contribution in [3.8, 4) is 0 Å². The average molecular weight is 249 g/mol. The minimum Gasteiger partial charge on any atom is -0.314 e. The molecule has 0 aliphatic carbocycles. The summed E-state index contributed by atoms with van der Waals surface area (Å²) >= 11 is 1.52. The summed E-state index contributed by atoms with van der Waals surface area (Å²) in [6.07, 6.45) is 0. The second-order valence-corrected chi connectivity index (χ2v) is 5.07. The summed E-state index contributed by atoms with van der Waals surface area (Å²) in [7, 11) is 0. The van der Waals surface area contributed by atoms with E-state index in [0.29, 0.717) is 5.56 Å². The smallest absolute Gasteiger partial charge is 0.256 e. The summed E-state index contributed by atoms with van der Waals surface area (Å²) in [6, 6.07) is 7.57. The maximum Gasteiger partial charge on any atom is 0.256 e. The number of carbonyl (C=O) groups is 1. The monoisotopic (exact) mass is 249 g/mol. The number of anilines is 1. The Labute approximate surface area is 103 Å². The van der Waals surface area contributed by atoms with Crippen LogP contribution in [0.3, 0.4) is 0 Å². The molecule has 0 saturated carbocycles. The van der Waals surface area contributed by atoms with Crippen LogP contribution in [0.1, 0.15) is 20.8 Å². The number of halogens is 1. The van der Waals surface area contributed by atoms with Crippen LogP contribution < -0.4 is 5.32 Å². The zero-order valence-electron chi connectivity index (χ0n) is 9.58. The molecule has 17 heavy (non-hydrogen) atoms. The lowest BCUT2D eigenvalue weighted by Gasteiger charge is -2.02. The third kappa shape index (κ3) is 2.71. The number of carbonyl (C=O) groups excluding carboxylic acids is 1. The van der Waals surface area contributed by atoms with E-state index in [1.807, 2.05) is 19.9 Å². The van der Waals surface area contributed by atoms with Crippen LogP contribution in [0.4, 0.5) is 9.39 Å². The number of rotatable bonds is 2. The molecule has 1 N–H and O–H groups in total. The topological polar surface area (TPSA) is 29.1 Å². The van der Waals surface area contributed by atoms with Gasteiger partial charge in [-0.15, -0.1) is 11.3 Å². The first kappa shape index (κ1) is 11.8. The van der Waals surface area contributed by atoms with Crippen molar-refractivity contribution in [2.45, 2.75) is 13.8 Å². The van der Waals surface area contributed by atoms with Crippen LogP contribution in [-0.2, 0) is 0 Å². The molecule has 1 aromatic carbocycles. The van der Waals surface area contributed by atoms with Crippen molar-refractivity contribution < 1.29 is 9.18 Å². The van der Waals surface area contributed by atoms with E-state index >= 15 is 0 Å². The molecule has 0 spiro atoms. The van der Waals surface area contributed by atoms with E-state index in [1.54, 1.807) is 6.07 Å². The van der Waals surface area contributed by atoms with Crippen molar-refractivity contribution in [2.75, 3.05) is 5.32 Å². The summed E-state index contributed by atoms with van der Waals surface area (Å²) in [6.45, 7) is 3.99. The van der Waals surface area contributed by atoms with Gasteiger partial charge in [0, 0.05) is 10.4 Å². The summed E-state index contributed by atoms with van der Waals surface area (Å²) in [4.78, 5) is 13.0. The number of amides is 1. The van der Waals surface area contributed by atoms with E-state index < -0.39 is 5.82 Å². The Bertz CT molecular complexity index is 543. The molecule has 0 aliphatic heterocycles. The Morgan fingerprint density at radius 2 is 2.06 bits per heavy atom. The minimum atomic E-state index is -0.406. The minimum absolute atomic E-state index is 0.286. The Morgan fingerprint density at radius 1 is 1.29 bits per heavy atom. The molecule has 0 aliphatic rings. The molecule has 0 fully saturated rings. The highest BCUT2D eigenvalue weighted by Crippen LogP contribution is 2.25. The van der Waals surface area contributed by atoms with Gasteiger partial charge >= 0.3 is 0 Å². The van der Waals surface area contributed by atoms with Gasteiger partial charge in [0.15, 0.2) is 0 Å². The molecule has 1 heterocycles. The summed E-state index contributed by atoms with van der Waals surface area (Å²) in [5.41, 5.74) is 1.47. The van der Waals surface area contributed by atoms with Gasteiger partial charge in [0.25, 0.3) is 5.91 Å². The molecule has 4 heteroatoms. The fraction of sp³-hybridized carbons (Fsp3) is 0.154. The van der Waals surface area contributed by atoms with Gasteiger partial charge in [0.1, 0.15) is 5.82 Å². The van der Waals surface area contributed by atoms with E-state index in [-0.39, 0.29) is 5.91 Å². The maximum absolute atomic E-state index is 13.0. The second kappa shape index (κ2) is 4.67. The van der Waals surface area contributed by atoms with Crippen LogP contribution in [0.25, 0.3) is 0 Å². The molecule has 0 saturated heterocycles. The first-order valence-electron chi connectivity index (χ1n) is 5.20. The molecule has 1 amide bonds. The van der Waals surface area contributed by atoms with Gasteiger partial charge in [-0.3, -0.25) is 4.79 Å². The molecule has 0 bridgehead atoms. The average Bonchev–Trinajstić information content (AvgIpc) is 2.58. The molecule has 0 atom stereocenters. The molecular formula is C13H12FNOS. The van der Waals surface area contributed by atoms with Gasteiger partial charge in [-0.05, 0) is 43.7 Å². The molecule has 2 aromatic rings. The van der Waals surface area contributed by atoms with Crippen LogP contribution >= 0.6 is 11.3 Å². The molecule has 1 aromatic heterocycles. The van der Waals surface area contributed by atoms with Crippen LogP contribution in [0.2, 0.25) is 0 Å². The standard InChI is InChI=1S/C13H12FNOS/c1-8-6-12(17-9(8)2)15-13(16)10-4-3-5-11(14)7-10/h3-7H,1-2H3,(H,15,16). The first-order chi connectivity index (χ1) is 8.06. The molecule has 2 rings (SSSR count). The van der Waals surface area contributed by atoms with Crippen LogP contribution in [0.15, 0.2) is 30.3 Å². The molecule has 0 radical (unpaired) electrons. The highest BCUT2D eigenvalue weighted by Gasteiger charge is 2.09. The highest BCUT2D eigenvalue weighted by atomic mass is 32.1. The molecular weight excluding hydrogens is 237 g/mol. The van der Waals surface area contributed by atoms with E-state index in [0.717, 1.165) is 10.6 Å². The maximum atomic E-state index is 13.0. The van der Waals surface area contributed by atoms with Gasteiger partial charge in [-0.25, -0.2) is 4.39 Å². The lowest BCUT2D eigenvalue weighted by Crippen LogP contribution is -2.10. The van der Waals surface area contributed by atoms with E-state index in [4.69, 9.17) is 0 Å². The molecule has 88 valence electrons. The Balaban J connectivity index is 2.17. The normalized spacial score (nSPS) is 10.3. The molecule has 0 unspecified atom stereocenters. The van der Waals surface area contributed by atoms with Crippen LogP contribution in [0.5, 0.6) is 0 Å². The predicted molar refractivity (Wildman–Crippen MR) is 68.1 cm³/mol. The summed E-state index contributed by atoms with van der Waals surface area (Å²) in [5.74, 6) is -0.693. The first-order valence-corrected chi connectivity index (χ1v) is 6.02. The third-order valence-electron chi connectivity index (χ3n) is 2.49. The van der Waals surface area contributed by atoms with Gasteiger partial charge in [-0.1, -0.05) is 6.07 Å². The number of hydrogen-bond donors (Lipinski definition) is 1. The third-order valence-corrected chi connectivity index (χ3v) is 3.56. The number of aryl methyl sites for hydroxylation is 2. The van der Waals surface area contributed by atoms with Gasteiger partial charge < -0.3 is 5.32 Å². The van der Waals surface area contributed by atoms with Crippen molar-refractivity contribution in [1.29, 1.82) is 0 Å². The Kier molecular flexibility index (Phi) is 3.24. The van der Waals surface area contributed by atoms with Crippen LogP contribution in [0, 0.1) is 19.7 Å². The highest BCUT2D eigenvalue weighted by molar-refractivity contribution is 7.16. The van der Waals surface area contributed by atoms with Gasteiger partial charge in [-0.2, -0.15) is 0 Å². The van der Waals surface area contributed by atoms with Crippen molar-refractivity contribution in [1.82, 2.24) is 0 Å². The predicted octanol–water partition coefficient (Wildman–Crippen LogP) is 3.76. The van der Waals surface area contributed by atoms with Crippen molar-refractivity contribution in [3.05, 3.63) is 52.2 Å². The zero-order chi connectivity index (χ0) is 12.4. The lowest BCUT2D eigenvalue weighted by atomic mass is 10.2. The van der Waals surface area contributed by atoms with Crippen LogP contribution in [-0.4, -0.2) is 5.91 Å². The van der Waals surface area contributed by atoms with E-state index in [2.05, 4.69) is 5.32 Å². The fourth-order valence-electron chi connectivity index (χ4n) is 1.45. The van der Waals surface area contributed by atoms with Gasteiger partial charge in [0.2, 0.25) is 0 Å². The fourth-order valence-corrected chi connectivity index (χ4v) is 2.38. The van der Waals surface area contributed by atoms with Crippen molar-refractivity contribution >= 4 is 22.2 Å². The summed E-state index contributed by atoms with van der Waals surface area (Å²) < 4.78 is 13.0. The Hall–Kier alpha value is -1.68. The van der Waals surface area contributed by atoms with E-state index in [1.165, 1.54) is 34.4 Å². The quantitative estimate of drug-likeness (QED) is 0.862. The van der Waals surface area contributed by atoms with E-state index in [9.17, 15) is 9.18 Å². The number of nitrogens with one attached hydrogen (secondary N) is 1. The summed E-state index contributed by atoms with van der Waals surface area (Å²) in [5, 5.41) is 3.55. The zero-order valence-corrected chi connectivity index (χ0v) is 10.4. The Morgan fingerprint density at radius 3 is 2.65 bits per heavy atom. The number of hydrogen-bond acceptors (Lipinski definition) is 2. The lowest BCUT2D eigenvalue weighted by molar-refractivity contribution is 0.102. The van der Waals surface area contributed by atoms with Gasteiger partial charge in [0.05, 0.1) is 5.00 Å². The number of thiophene rings is 1. The SMILES string of the molecule is Cc1cc(NC(=O)c2cccc(F)c2)sc1C. The van der Waals surface area contributed by atoms with Crippen molar-refractivity contribution in [3.63, 3.8) is 0 Å². The number of benzene rings is 1. The molecule has 2 nitrogen and oxygen atoms in total.